The average molecular weight is 560 g/mol. The van der Waals surface area contributed by atoms with Crippen molar-refractivity contribution < 1.29 is 13.6 Å². The van der Waals surface area contributed by atoms with Crippen molar-refractivity contribution in [2.24, 2.45) is 0 Å². The van der Waals surface area contributed by atoms with Gasteiger partial charge in [-0.15, -0.1) is 0 Å². The predicted molar refractivity (Wildman–Crippen MR) is 153 cm³/mol. The third-order valence-corrected chi connectivity index (χ3v) is 7.47. The van der Waals surface area contributed by atoms with Gasteiger partial charge in [0.05, 0.1) is 28.3 Å². The number of H-pyrrole nitrogens is 1. The van der Waals surface area contributed by atoms with Gasteiger partial charge in [0.15, 0.2) is 5.82 Å². The van der Waals surface area contributed by atoms with E-state index in [0.717, 1.165) is 41.9 Å². The van der Waals surface area contributed by atoms with Crippen LogP contribution in [0.3, 0.4) is 0 Å². The summed E-state index contributed by atoms with van der Waals surface area (Å²) in [7, 11) is 2.04. The largest absolute Gasteiger partial charge is 0.337 e. The van der Waals surface area contributed by atoms with Gasteiger partial charge in [-0.2, -0.15) is 5.10 Å². The van der Waals surface area contributed by atoms with Crippen LogP contribution in [-0.2, 0) is 4.79 Å². The number of benzene rings is 3. The zero-order valence-corrected chi connectivity index (χ0v) is 22.1. The van der Waals surface area contributed by atoms with Gasteiger partial charge in [-0.3, -0.25) is 14.8 Å². The zero-order chi connectivity index (χ0) is 27.8. The first-order valence-electron chi connectivity index (χ1n) is 12.7. The molecule has 3 N–H and O–H groups in total. The number of likely N-dealkylation sites (N-methyl/N-ethyl adjacent to an activating group) is 1. The second kappa shape index (κ2) is 10.6. The molecule has 1 saturated heterocycles. The highest BCUT2D eigenvalue weighted by Gasteiger charge is 2.21. The van der Waals surface area contributed by atoms with E-state index in [9.17, 15) is 13.6 Å². The van der Waals surface area contributed by atoms with Crippen molar-refractivity contribution in [3.8, 4) is 11.1 Å². The van der Waals surface area contributed by atoms with Crippen LogP contribution in [0.1, 0.15) is 12.8 Å². The van der Waals surface area contributed by atoms with E-state index in [2.05, 4.69) is 35.7 Å². The third kappa shape index (κ3) is 4.87. The molecule has 11 heteroatoms. The Morgan fingerprint density at radius 2 is 2.00 bits per heavy atom. The first kappa shape index (κ1) is 25.8. The van der Waals surface area contributed by atoms with Crippen LogP contribution in [0.15, 0.2) is 67.1 Å². The summed E-state index contributed by atoms with van der Waals surface area (Å²) >= 11 is 5.82. The van der Waals surface area contributed by atoms with Crippen molar-refractivity contribution >= 4 is 56.5 Å². The van der Waals surface area contributed by atoms with Crippen molar-refractivity contribution in [2.45, 2.75) is 18.9 Å². The normalized spacial score (nSPS) is 15.8. The van der Waals surface area contributed by atoms with Gasteiger partial charge in [0.25, 0.3) is 0 Å². The molecule has 3 aromatic carbocycles. The number of likely N-dealkylation sites (tertiary alicyclic amines) is 1. The maximum Gasteiger partial charge on any atom is 0.248 e. The number of rotatable bonds is 6. The lowest BCUT2D eigenvalue weighted by atomic mass is 9.97. The molecule has 1 fully saturated rings. The van der Waals surface area contributed by atoms with Crippen molar-refractivity contribution in [1.82, 2.24) is 25.1 Å². The number of aromatic nitrogens is 4. The summed E-state index contributed by atoms with van der Waals surface area (Å²) < 4.78 is 28.7. The predicted octanol–water partition coefficient (Wildman–Crippen LogP) is 6.44. The van der Waals surface area contributed by atoms with Crippen LogP contribution in [0, 0.1) is 11.6 Å². The van der Waals surface area contributed by atoms with Gasteiger partial charge >= 0.3 is 0 Å². The van der Waals surface area contributed by atoms with Gasteiger partial charge in [0.2, 0.25) is 5.91 Å². The Labute approximate surface area is 233 Å². The van der Waals surface area contributed by atoms with E-state index in [4.69, 9.17) is 11.6 Å². The zero-order valence-electron chi connectivity index (χ0n) is 21.4. The Morgan fingerprint density at radius 1 is 1.15 bits per heavy atom. The minimum Gasteiger partial charge on any atom is -0.337 e. The second-order valence-electron chi connectivity index (χ2n) is 9.66. The smallest absolute Gasteiger partial charge is 0.248 e. The molecular weight excluding hydrogens is 536 g/mol. The second-order valence-corrected chi connectivity index (χ2v) is 10.0. The van der Waals surface area contributed by atoms with Gasteiger partial charge in [0, 0.05) is 28.8 Å². The van der Waals surface area contributed by atoms with Gasteiger partial charge < -0.3 is 10.6 Å². The van der Waals surface area contributed by atoms with E-state index in [0.29, 0.717) is 22.2 Å². The average Bonchev–Trinajstić information content (AvgIpc) is 3.60. The highest BCUT2D eigenvalue weighted by atomic mass is 35.5. The van der Waals surface area contributed by atoms with E-state index in [1.54, 1.807) is 24.4 Å². The van der Waals surface area contributed by atoms with Crippen LogP contribution in [-0.4, -0.2) is 50.6 Å². The van der Waals surface area contributed by atoms with Crippen molar-refractivity contribution in [3.63, 3.8) is 0 Å². The van der Waals surface area contributed by atoms with Gasteiger partial charge in [0.1, 0.15) is 23.0 Å². The van der Waals surface area contributed by atoms with Crippen LogP contribution >= 0.6 is 11.6 Å². The molecule has 3 heterocycles. The molecular formula is C29H24ClF2N7O. The third-order valence-electron chi connectivity index (χ3n) is 7.13. The molecule has 0 spiro atoms. The summed E-state index contributed by atoms with van der Waals surface area (Å²) in [5.41, 5.74) is 3.15. The Morgan fingerprint density at radius 3 is 2.83 bits per heavy atom. The number of nitrogens with zero attached hydrogens (tertiary/aromatic N) is 4. The quantitative estimate of drug-likeness (QED) is 0.164. The first-order valence-corrected chi connectivity index (χ1v) is 13.1. The highest BCUT2D eigenvalue weighted by molar-refractivity contribution is 6.31. The number of hydrogen-bond acceptors (Lipinski definition) is 6. The SMILES string of the molecule is CN1CCCC1C=CC(=O)Nc1ccc2ncnc(Nc3ccc(F)c(Cl)c3F)c2c1-c1ccc2cn[nH]c2c1. The first-order chi connectivity index (χ1) is 19.4. The molecule has 202 valence electrons. The lowest BCUT2D eigenvalue weighted by molar-refractivity contribution is -0.111. The summed E-state index contributed by atoms with van der Waals surface area (Å²) in [5, 5.41) is 13.8. The molecule has 1 unspecified atom stereocenters. The summed E-state index contributed by atoms with van der Waals surface area (Å²) in [6, 6.07) is 11.8. The summed E-state index contributed by atoms with van der Waals surface area (Å²) in [6.07, 6.45) is 8.61. The maximum atomic E-state index is 14.8. The molecule has 0 aliphatic carbocycles. The topological polar surface area (TPSA) is 98.8 Å². The van der Waals surface area contributed by atoms with Crippen LogP contribution in [0.25, 0.3) is 32.9 Å². The molecule has 6 rings (SSSR count). The fourth-order valence-electron chi connectivity index (χ4n) is 5.05. The Balaban J connectivity index is 1.48. The number of halogens is 3. The van der Waals surface area contributed by atoms with Crippen molar-refractivity contribution in [3.05, 3.63) is 83.8 Å². The Bertz CT molecular complexity index is 1790. The van der Waals surface area contributed by atoms with Gasteiger partial charge in [-0.25, -0.2) is 18.7 Å². The van der Waals surface area contributed by atoms with E-state index < -0.39 is 16.7 Å². The van der Waals surface area contributed by atoms with Crippen molar-refractivity contribution in [2.75, 3.05) is 24.2 Å². The number of amides is 1. The molecule has 1 aliphatic rings. The van der Waals surface area contributed by atoms with E-state index in [-0.39, 0.29) is 23.5 Å². The molecule has 1 atom stereocenters. The summed E-state index contributed by atoms with van der Waals surface area (Å²) in [6.45, 7) is 0.997. The number of aromatic amines is 1. The summed E-state index contributed by atoms with van der Waals surface area (Å²) in [5.74, 6) is -1.84. The number of carbonyl (C=O) groups excluding carboxylic acids is 1. The van der Waals surface area contributed by atoms with Crippen molar-refractivity contribution in [1.29, 1.82) is 0 Å². The fraction of sp³-hybridized carbons (Fsp3) is 0.172. The number of hydrogen-bond donors (Lipinski definition) is 3. The Hall–Kier alpha value is -4.41. The van der Waals surface area contributed by atoms with Crippen LogP contribution in [0.2, 0.25) is 5.02 Å². The minimum absolute atomic E-state index is 0.0561. The highest BCUT2D eigenvalue weighted by Crippen LogP contribution is 2.40. The molecule has 1 amide bonds. The van der Waals surface area contributed by atoms with Crippen LogP contribution < -0.4 is 10.6 Å². The van der Waals surface area contributed by atoms with Crippen LogP contribution in [0.4, 0.5) is 26.0 Å². The molecule has 40 heavy (non-hydrogen) atoms. The molecule has 5 aromatic rings. The molecule has 0 saturated carbocycles. The lowest BCUT2D eigenvalue weighted by Crippen LogP contribution is -2.23. The fourth-order valence-corrected chi connectivity index (χ4v) is 5.21. The van der Waals surface area contributed by atoms with E-state index in [1.165, 1.54) is 12.4 Å². The summed E-state index contributed by atoms with van der Waals surface area (Å²) in [4.78, 5) is 24.1. The number of fused-ring (bicyclic) bond motifs is 2. The standard InChI is InChI=1S/C29H24ClF2N7O/c1-39-12-2-3-18(39)6-11-24(40)36-21-10-9-20-26(25(21)16-4-5-17-14-35-38-23(17)13-16)29(34-15-33-20)37-22-8-7-19(31)27(30)28(22)32/h4-11,13-15,18H,2-3,12H2,1H3,(H,35,38)(H,36,40)(H,33,34,37). The van der Waals surface area contributed by atoms with E-state index in [1.807, 2.05) is 31.3 Å². The van der Waals surface area contributed by atoms with Crippen LogP contribution in [0.5, 0.6) is 0 Å². The lowest BCUT2D eigenvalue weighted by Gasteiger charge is -2.17. The van der Waals surface area contributed by atoms with Gasteiger partial charge in [-0.05, 0) is 62.3 Å². The maximum absolute atomic E-state index is 14.8. The number of anilines is 3. The molecule has 1 aliphatic heterocycles. The monoisotopic (exact) mass is 559 g/mol. The number of nitrogens with one attached hydrogen (secondary N) is 3. The molecule has 0 radical (unpaired) electrons. The molecule has 8 nitrogen and oxygen atoms in total. The minimum atomic E-state index is -0.944. The van der Waals surface area contributed by atoms with Gasteiger partial charge in [-0.1, -0.05) is 29.8 Å². The number of carbonyl (C=O) groups is 1. The molecule has 0 bridgehead atoms. The van der Waals surface area contributed by atoms with E-state index >= 15 is 0 Å². The molecule has 2 aromatic heterocycles. The Kier molecular flexibility index (Phi) is 6.87.